The molecule has 184 valence electrons. The summed E-state index contributed by atoms with van der Waals surface area (Å²) >= 11 is 1.65. The topological polar surface area (TPSA) is 49.4 Å². The van der Waals surface area contributed by atoms with E-state index in [9.17, 15) is 9.59 Å². The lowest BCUT2D eigenvalue weighted by atomic mass is 10.1. The van der Waals surface area contributed by atoms with E-state index in [1.54, 1.807) is 11.8 Å². The van der Waals surface area contributed by atoms with E-state index >= 15 is 0 Å². The van der Waals surface area contributed by atoms with Crippen molar-refractivity contribution in [1.82, 2.24) is 0 Å². The van der Waals surface area contributed by atoms with Gasteiger partial charge >= 0.3 is 0 Å². The van der Waals surface area contributed by atoms with Crippen molar-refractivity contribution in [1.29, 1.82) is 0 Å². The molecule has 2 aromatic rings. The summed E-state index contributed by atoms with van der Waals surface area (Å²) in [6, 6.07) is 14.1. The molecule has 0 aliphatic carbocycles. The number of carbonyl (C=O) groups excluding carboxylic acids is 2. The first-order chi connectivity index (χ1) is 16.5. The Labute approximate surface area is 209 Å². The lowest BCUT2D eigenvalue weighted by Crippen LogP contribution is -2.27. The normalized spacial score (nSPS) is 15.7. The molecule has 5 heteroatoms. The summed E-state index contributed by atoms with van der Waals surface area (Å²) in [4.78, 5) is 26.9. The molecular weight excluding hydrogens is 440 g/mol. The number of unbranched alkanes of at least 4 members (excludes halogenated alkanes) is 8. The number of aryl methyl sites for hydroxylation is 2. The van der Waals surface area contributed by atoms with Crippen molar-refractivity contribution < 1.29 is 9.59 Å². The van der Waals surface area contributed by atoms with Crippen LogP contribution >= 0.6 is 11.8 Å². The molecule has 1 aliphatic heterocycles. The number of anilines is 2. The maximum atomic E-state index is 12.6. The Kier molecular flexibility index (Phi) is 10.5. The molecule has 1 heterocycles. The van der Waals surface area contributed by atoms with Gasteiger partial charge in [0.05, 0.1) is 5.75 Å². The summed E-state index contributed by atoms with van der Waals surface area (Å²) in [6.45, 7) is 6.41. The number of nitrogens with one attached hydrogen (secondary N) is 1. The molecule has 1 N–H and O–H groups in total. The summed E-state index contributed by atoms with van der Waals surface area (Å²) in [5.74, 6) is 0.698. The van der Waals surface area contributed by atoms with Crippen LogP contribution in [0.1, 0.15) is 93.2 Å². The zero-order valence-corrected chi connectivity index (χ0v) is 21.9. The van der Waals surface area contributed by atoms with E-state index in [-0.39, 0.29) is 17.2 Å². The second-order valence-electron chi connectivity index (χ2n) is 9.44. The molecule has 0 aromatic heterocycles. The summed E-state index contributed by atoms with van der Waals surface area (Å²) in [5, 5.41) is 2.98. The van der Waals surface area contributed by atoms with Crippen LogP contribution in [-0.4, -0.2) is 17.6 Å². The average molecular weight is 481 g/mol. The molecular formula is C29H40N2O2S. The highest BCUT2D eigenvalue weighted by Gasteiger charge is 2.34. The highest BCUT2D eigenvalue weighted by atomic mass is 32.2. The number of nitrogens with zero attached hydrogens (tertiary/aromatic N) is 1. The van der Waals surface area contributed by atoms with E-state index in [4.69, 9.17) is 0 Å². The summed E-state index contributed by atoms with van der Waals surface area (Å²) in [7, 11) is 0. The molecule has 1 aliphatic rings. The molecule has 1 fully saturated rings. The van der Waals surface area contributed by atoms with Gasteiger partial charge in [-0.25, -0.2) is 0 Å². The van der Waals surface area contributed by atoms with Crippen LogP contribution in [0.15, 0.2) is 42.5 Å². The zero-order chi connectivity index (χ0) is 24.3. The Bertz CT molecular complexity index is 942. The van der Waals surface area contributed by atoms with Crippen molar-refractivity contribution in [2.24, 2.45) is 0 Å². The molecule has 1 atom stereocenters. The van der Waals surface area contributed by atoms with Crippen LogP contribution in [0.2, 0.25) is 0 Å². The van der Waals surface area contributed by atoms with Crippen LogP contribution < -0.4 is 10.2 Å². The molecule has 1 unspecified atom stereocenters. The third kappa shape index (κ3) is 7.63. The van der Waals surface area contributed by atoms with Gasteiger partial charge in [0.1, 0.15) is 5.37 Å². The first-order valence-electron chi connectivity index (χ1n) is 12.9. The molecule has 34 heavy (non-hydrogen) atoms. The third-order valence-electron chi connectivity index (χ3n) is 6.62. The van der Waals surface area contributed by atoms with E-state index in [0.717, 1.165) is 29.8 Å². The van der Waals surface area contributed by atoms with Gasteiger partial charge in [0.2, 0.25) is 11.8 Å². The Morgan fingerprint density at radius 1 is 0.912 bits per heavy atom. The Morgan fingerprint density at radius 2 is 1.56 bits per heavy atom. The Morgan fingerprint density at radius 3 is 2.21 bits per heavy atom. The van der Waals surface area contributed by atoms with Gasteiger partial charge in [-0.2, -0.15) is 0 Å². The van der Waals surface area contributed by atoms with Gasteiger partial charge in [-0.1, -0.05) is 76.5 Å². The number of hydrogen-bond acceptors (Lipinski definition) is 3. The quantitative estimate of drug-likeness (QED) is 0.296. The number of hydrogen-bond donors (Lipinski definition) is 1. The molecule has 2 amide bonds. The second kappa shape index (κ2) is 13.6. The van der Waals surface area contributed by atoms with Crippen LogP contribution in [0.5, 0.6) is 0 Å². The van der Waals surface area contributed by atoms with E-state index in [1.807, 2.05) is 35.2 Å². The lowest BCUT2D eigenvalue weighted by molar-refractivity contribution is -0.116. The standard InChI is InChI=1S/C29H40N2O2S/c1-4-5-6-7-8-9-10-11-12-13-27(32)30-25-17-15-24(16-18-25)29-31(28(33)21-34-29)26-19-14-22(2)23(3)20-26/h14-20,29H,4-13,21H2,1-3H3,(H,30,32). The number of carbonyl (C=O) groups is 2. The van der Waals surface area contributed by atoms with Crippen molar-refractivity contribution in [3.8, 4) is 0 Å². The smallest absolute Gasteiger partial charge is 0.238 e. The van der Waals surface area contributed by atoms with E-state index in [1.165, 1.54) is 56.1 Å². The fourth-order valence-electron chi connectivity index (χ4n) is 4.38. The molecule has 0 spiro atoms. The minimum Gasteiger partial charge on any atom is -0.326 e. The predicted octanol–water partition coefficient (Wildman–Crippen LogP) is 7.94. The average Bonchev–Trinajstić information content (AvgIpc) is 3.21. The fraction of sp³-hybridized carbons (Fsp3) is 0.517. The van der Waals surface area contributed by atoms with Gasteiger partial charge in [-0.15, -0.1) is 11.8 Å². The van der Waals surface area contributed by atoms with Crippen LogP contribution in [0.4, 0.5) is 11.4 Å². The molecule has 1 saturated heterocycles. The summed E-state index contributed by atoms with van der Waals surface area (Å²) in [6.07, 6.45) is 11.8. The Hall–Kier alpha value is -2.27. The van der Waals surface area contributed by atoms with Gasteiger partial charge < -0.3 is 5.32 Å². The van der Waals surface area contributed by atoms with E-state index in [2.05, 4.69) is 38.2 Å². The second-order valence-corrected chi connectivity index (χ2v) is 10.5. The third-order valence-corrected chi connectivity index (χ3v) is 7.84. The Balaban J connectivity index is 1.45. The fourth-order valence-corrected chi connectivity index (χ4v) is 5.55. The number of amides is 2. The van der Waals surface area contributed by atoms with E-state index in [0.29, 0.717) is 12.2 Å². The van der Waals surface area contributed by atoms with Crippen LogP contribution in [0.3, 0.4) is 0 Å². The van der Waals surface area contributed by atoms with E-state index < -0.39 is 0 Å². The summed E-state index contributed by atoms with van der Waals surface area (Å²) < 4.78 is 0. The van der Waals surface area contributed by atoms with Gasteiger partial charge in [0.15, 0.2) is 0 Å². The lowest BCUT2D eigenvalue weighted by Gasteiger charge is -2.25. The van der Waals surface area contributed by atoms with Crippen molar-refractivity contribution in [3.05, 3.63) is 59.2 Å². The maximum absolute atomic E-state index is 12.6. The number of benzene rings is 2. The first-order valence-corrected chi connectivity index (χ1v) is 13.9. The van der Waals surface area contributed by atoms with Crippen molar-refractivity contribution in [3.63, 3.8) is 0 Å². The summed E-state index contributed by atoms with van der Waals surface area (Å²) in [5.41, 5.74) is 5.25. The highest BCUT2D eigenvalue weighted by molar-refractivity contribution is 8.00. The number of rotatable bonds is 13. The van der Waals surface area contributed by atoms with Crippen molar-refractivity contribution in [2.75, 3.05) is 16.0 Å². The predicted molar refractivity (Wildman–Crippen MR) is 146 cm³/mol. The minimum atomic E-state index is -0.0404. The SMILES string of the molecule is CCCCCCCCCCCC(=O)Nc1ccc(C2SCC(=O)N2c2ccc(C)c(C)c2)cc1. The van der Waals surface area contributed by atoms with Gasteiger partial charge in [-0.3, -0.25) is 14.5 Å². The van der Waals surface area contributed by atoms with Gasteiger partial charge in [0, 0.05) is 17.8 Å². The van der Waals surface area contributed by atoms with Crippen molar-refractivity contribution >= 4 is 35.0 Å². The first kappa shape index (κ1) is 26.3. The molecule has 0 radical (unpaired) electrons. The van der Waals surface area contributed by atoms with Crippen LogP contribution in [-0.2, 0) is 9.59 Å². The molecule has 3 rings (SSSR count). The van der Waals surface area contributed by atoms with Gasteiger partial charge in [-0.05, 0) is 61.2 Å². The molecule has 0 bridgehead atoms. The zero-order valence-electron chi connectivity index (χ0n) is 21.1. The highest BCUT2D eigenvalue weighted by Crippen LogP contribution is 2.42. The van der Waals surface area contributed by atoms with Crippen LogP contribution in [0, 0.1) is 13.8 Å². The van der Waals surface area contributed by atoms with Crippen molar-refractivity contribution in [2.45, 2.75) is 90.4 Å². The molecule has 4 nitrogen and oxygen atoms in total. The monoisotopic (exact) mass is 480 g/mol. The minimum absolute atomic E-state index is 0.0404. The largest absolute Gasteiger partial charge is 0.326 e. The number of thioether (sulfide) groups is 1. The van der Waals surface area contributed by atoms with Crippen LogP contribution in [0.25, 0.3) is 0 Å². The maximum Gasteiger partial charge on any atom is 0.238 e. The molecule has 2 aromatic carbocycles. The molecule has 0 saturated carbocycles. The van der Waals surface area contributed by atoms with Gasteiger partial charge in [0.25, 0.3) is 0 Å².